The predicted molar refractivity (Wildman–Crippen MR) is 102 cm³/mol. The molecule has 1 saturated heterocycles. The second kappa shape index (κ2) is 6.57. The SMILES string of the molecule is Cc1ccc(S(=O)(=O)n2nc(N3CCOCC3)c3ccc(Cl)cc32)cc1. The summed E-state index contributed by atoms with van der Waals surface area (Å²) >= 11 is 6.13. The molecule has 1 aliphatic heterocycles. The van der Waals surface area contributed by atoms with Crippen LogP contribution < -0.4 is 4.90 Å². The van der Waals surface area contributed by atoms with Crippen molar-refractivity contribution < 1.29 is 13.2 Å². The molecule has 1 fully saturated rings. The van der Waals surface area contributed by atoms with Gasteiger partial charge in [-0.3, -0.25) is 0 Å². The van der Waals surface area contributed by atoms with Gasteiger partial charge in [-0.15, -0.1) is 5.10 Å². The van der Waals surface area contributed by atoms with Gasteiger partial charge in [0.1, 0.15) is 0 Å². The smallest absolute Gasteiger partial charge is 0.283 e. The zero-order chi connectivity index (χ0) is 18.3. The molecular weight excluding hydrogens is 374 g/mol. The van der Waals surface area contributed by atoms with Crippen molar-refractivity contribution in [3.05, 3.63) is 53.1 Å². The molecule has 0 radical (unpaired) electrons. The summed E-state index contributed by atoms with van der Waals surface area (Å²) in [6.45, 7) is 4.42. The third kappa shape index (κ3) is 2.96. The molecule has 0 unspecified atom stereocenters. The van der Waals surface area contributed by atoms with Gasteiger partial charge in [0.05, 0.1) is 23.6 Å². The first-order valence-electron chi connectivity index (χ1n) is 8.30. The Morgan fingerprint density at radius 1 is 1.08 bits per heavy atom. The molecule has 4 rings (SSSR count). The van der Waals surface area contributed by atoms with Crippen molar-refractivity contribution in [1.82, 2.24) is 9.19 Å². The highest BCUT2D eigenvalue weighted by molar-refractivity contribution is 7.90. The maximum absolute atomic E-state index is 13.2. The molecule has 0 amide bonds. The van der Waals surface area contributed by atoms with Gasteiger partial charge in [0.2, 0.25) is 0 Å². The highest BCUT2D eigenvalue weighted by Crippen LogP contribution is 2.31. The number of nitrogens with zero attached hydrogens (tertiary/aromatic N) is 3. The number of halogens is 1. The Hall–Kier alpha value is -2.09. The van der Waals surface area contributed by atoms with Gasteiger partial charge in [-0.1, -0.05) is 29.3 Å². The Labute approximate surface area is 157 Å². The first kappa shape index (κ1) is 17.3. The van der Waals surface area contributed by atoms with Crippen LogP contribution in [-0.2, 0) is 14.8 Å². The third-order valence-corrected chi connectivity index (χ3v) is 6.29. The highest BCUT2D eigenvalue weighted by atomic mass is 35.5. The number of fused-ring (bicyclic) bond motifs is 1. The van der Waals surface area contributed by atoms with Gasteiger partial charge in [-0.2, -0.15) is 12.5 Å². The van der Waals surface area contributed by atoms with Gasteiger partial charge >= 0.3 is 0 Å². The molecule has 26 heavy (non-hydrogen) atoms. The molecule has 0 N–H and O–H groups in total. The van der Waals surface area contributed by atoms with E-state index >= 15 is 0 Å². The number of hydrogen-bond acceptors (Lipinski definition) is 5. The number of ether oxygens (including phenoxy) is 1. The van der Waals surface area contributed by atoms with Crippen LogP contribution in [0.5, 0.6) is 0 Å². The molecule has 2 aromatic carbocycles. The van der Waals surface area contributed by atoms with Crippen LogP contribution in [0.3, 0.4) is 0 Å². The van der Waals surface area contributed by atoms with E-state index in [0.717, 1.165) is 15.0 Å². The monoisotopic (exact) mass is 391 g/mol. The van der Waals surface area contributed by atoms with Crippen LogP contribution in [0, 0.1) is 6.92 Å². The fourth-order valence-corrected chi connectivity index (χ4v) is 4.49. The molecule has 6 nitrogen and oxygen atoms in total. The summed E-state index contributed by atoms with van der Waals surface area (Å²) in [5.41, 5.74) is 1.46. The summed E-state index contributed by atoms with van der Waals surface area (Å²) < 4.78 is 32.8. The van der Waals surface area contributed by atoms with E-state index in [-0.39, 0.29) is 4.90 Å². The average molecular weight is 392 g/mol. The zero-order valence-electron chi connectivity index (χ0n) is 14.2. The lowest BCUT2D eigenvalue weighted by Crippen LogP contribution is -2.36. The van der Waals surface area contributed by atoms with E-state index in [9.17, 15) is 8.42 Å². The predicted octanol–water partition coefficient (Wildman–Crippen LogP) is 3.07. The third-order valence-electron chi connectivity index (χ3n) is 4.45. The van der Waals surface area contributed by atoms with Crippen molar-refractivity contribution in [3.8, 4) is 0 Å². The Balaban J connectivity index is 1.91. The van der Waals surface area contributed by atoms with Crippen molar-refractivity contribution in [1.29, 1.82) is 0 Å². The molecule has 0 aliphatic carbocycles. The first-order valence-corrected chi connectivity index (χ1v) is 10.1. The number of benzene rings is 2. The quantitative estimate of drug-likeness (QED) is 0.686. The topological polar surface area (TPSA) is 64.4 Å². The Bertz CT molecular complexity index is 1060. The summed E-state index contributed by atoms with van der Waals surface area (Å²) in [6, 6.07) is 11.9. The fraction of sp³-hybridized carbons (Fsp3) is 0.278. The van der Waals surface area contributed by atoms with E-state index < -0.39 is 10.0 Å². The molecule has 136 valence electrons. The van der Waals surface area contributed by atoms with E-state index in [1.165, 1.54) is 0 Å². The summed E-state index contributed by atoms with van der Waals surface area (Å²) in [5, 5.41) is 5.69. The number of morpholine rings is 1. The molecular formula is C18H18ClN3O3S. The zero-order valence-corrected chi connectivity index (χ0v) is 15.8. The van der Waals surface area contributed by atoms with Crippen LogP contribution in [-0.4, -0.2) is 43.9 Å². The second-order valence-electron chi connectivity index (χ2n) is 6.25. The number of anilines is 1. The van der Waals surface area contributed by atoms with Gasteiger partial charge in [-0.05, 0) is 37.3 Å². The Morgan fingerprint density at radius 3 is 2.46 bits per heavy atom. The molecule has 8 heteroatoms. The largest absolute Gasteiger partial charge is 0.378 e. The lowest BCUT2D eigenvalue weighted by molar-refractivity contribution is 0.122. The van der Waals surface area contributed by atoms with Crippen LogP contribution in [0.15, 0.2) is 47.4 Å². The van der Waals surface area contributed by atoms with Gasteiger partial charge in [0.25, 0.3) is 10.0 Å². The summed E-state index contributed by atoms with van der Waals surface area (Å²) in [5.74, 6) is 0.635. The van der Waals surface area contributed by atoms with Crippen LogP contribution in [0.2, 0.25) is 5.02 Å². The van der Waals surface area contributed by atoms with Crippen LogP contribution in [0.1, 0.15) is 5.56 Å². The minimum atomic E-state index is -3.83. The van der Waals surface area contributed by atoms with E-state index in [1.54, 1.807) is 36.4 Å². The maximum atomic E-state index is 13.2. The minimum Gasteiger partial charge on any atom is -0.378 e. The fourth-order valence-electron chi connectivity index (χ4n) is 3.05. The van der Waals surface area contributed by atoms with E-state index in [1.807, 2.05) is 17.9 Å². The van der Waals surface area contributed by atoms with Crippen LogP contribution in [0.4, 0.5) is 5.82 Å². The standard InChI is InChI=1S/C18H18ClN3O3S/c1-13-2-5-15(6-3-13)26(23,24)22-17-12-14(19)4-7-16(17)18(20-22)21-8-10-25-11-9-21/h2-7,12H,8-11H2,1H3. The van der Waals surface area contributed by atoms with Crippen molar-refractivity contribution in [3.63, 3.8) is 0 Å². The van der Waals surface area contributed by atoms with Crippen molar-refractivity contribution >= 4 is 38.3 Å². The van der Waals surface area contributed by atoms with Crippen LogP contribution >= 0.6 is 11.6 Å². The number of rotatable bonds is 3. The number of aryl methyl sites for hydroxylation is 1. The second-order valence-corrected chi connectivity index (χ2v) is 8.45. The number of aromatic nitrogens is 2. The van der Waals surface area contributed by atoms with E-state index in [2.05, 4.69) is 5.10 Å². The molecule has 0 atom stereocenters. The Kier molecular flexibility index (Phi) is 4.38. The maximum Gasteiger partial charge on any atom is 0.283 e. The number of hydrogen-bond donors (Lipinski definition) is 0. The highest BCUT2D eigenvalue weighted by Gasteiger charge is 2.26. The van der Waals surface area contributed by atoms with Gasteiger partial charge in [0, 0.05) is 23.5 Å². The molecule has 2 heterocycles. The van der Waals surface area contributed by atoms with Crippen molar-refractivity contribution in [2.45, 2.75) is 11.8 Å². The first-order chi connectivity index (χ1) is 12.5. The van der Waals surface area contributed by atoms with E-state index in [4.69, 9.17) is 16.3 Å². The molecule has 1 aliphatic rings. The van der Waals surface area contributed by atoms with Gasteiger partial charge in [-0.25, -0.2) is 0 Å². The van der Waals surface area contributed by atoms with Crippen molar-refractivity contribution in [2.24, 2.45) is 0 Å². The molecule has 3 aromatic rings. The van der Waals surface area contributed by atoms with E-state index in [0.29, 0.717) is 42.7 Å². The lowest BCUT2D eigenvalue weighted by atomic mass is 10.2. The lowest BCUT2D eigenvalue weighted by Gasteiger charge is -2.26. The van der Waals surface area contributed by atoms with Crippen LogP contribution in [0.25, 0.3) is 10.9 Å². The summed E-state index contributed by atoms with van der Waals surface area (Å²) in [6.07, 6.45) is 0. The van der Waals surface area contributed by atoms with Gasteiger partial charge in [0.15, 0.2) is 5.82 Å². The van der Waals surface area contributed by atoms with Crippen molar-refractivity contribution in [2.75, 3.05) is 31.2 Å². The molecule has 0 saturated carbocycles. The summed E-state index contributed by atoms with van der Waals surface area (Å²) in [7, 11) is -3.83. The van der Waals surface area contributed by atoms with Gasteiger partial charge < -0.3 is 9.64 Å². The Morgan fingerprint density at radius 2 is 1.77 bits per heavy atom. The normalized spacial score (nSPS) is 15.5. The summed E-state index contributed by atoms with van der Waals surface area (Å²) in [4.78, 5) is 2.24. The molecule has 1 aromatic heterocycles. The molecule has 0 spiro atoms. The molecule has 0 bridgehead atoms. The minimum absolute atomic E-state index is 0.195. The average Bonchev–Trinajstić information content (AvgIpc) is 3.02.